The maximum atomic E-state index is 12.3. The summed E-state index contributed by atoms with van der Waals surface area (Å²) in [5.41, 5.74) is 2.71. The molecule has 0 aliphatic rings. The second kappa shape index (κ2) is 9.10. The van der Waals surface area contributed by atoms with Crippen LogP contribution in [0.2, 0.25) is 0 Å². The van der Waals surface area contributed by atoms with Gasteiger partial charge in [0.05, 0.1) is 10.6 Å². The molecule has 142 valence electrons. The van der Waals surface area contributed by atoms with E-state index in [-0.39, 0.29) is 5.75 Å². The van der Waals surface area contributed by atoms with E-state index < -0.39 is 6.61 Å². The van der Waals surface area contributed by atoms with Gasteiger partial charge >= 0.3 is 6.61 Å². The second-order valence-electron chi connectivity index (χ2n) is 5.95. The summed E-state index contributed by atoms with van der Waals surface area (Å²) in [6.07, 6.45) is 2.15. The predicted molar refractivity (Wildman–Crippen MR) is 110 cm³/mol. The molecule has 0 saturated heterocycles. The molecule has 0 aliphatic heterocycles. The fraction of sp³-hybridized carbons (Fsp3) is 0.250. The Morgan fingerprint density at radius 3 is 2.44 bits per heavy atom. The lowest BCUT2D eigenvalue weighted by Gasteiger charge is -2.09. The number of aryl methyl sites for hydroxylation is 1. The molecular weight excluding hydrogens is 386 g/mol. The van der Waals surface area contributed by atoms with Crippen molar-refractivity contribution in [2.24, 2.45) is 0 Å². The van der Waals surface area contributed by atoms with E-state index in [1.165, 1.54) is 12.1 Å². The highest BCUT2D eigenvalue weighted by molar-refractivity contribution is 7.71. The molecule has 27 heavy (non-hydrogen) atoms. The Morgan fingerprint density at radius 2 is 1.81 bits per heavy atom. The number of aromatic nitrogens is 1. The number of rotatable bonds is 8. The first-order chi connectivity index (χ1) is 13.1. The first-order valence-corrected chi connectivity index (χ1v) is 9.88. The number of ether oxygens (including phenoxy) is 1. The van der Waals surface area contributed by atoms with Gasteiger partial charge in [-0.3, -0.25) is 3.96 Å². The zero-order valence-corrected chi connectivity index (χ0v) is 16.5. The van der Waals surface area contributed by atoms with Crippen LogP contribution in [0.5, 0.6) is 5.75 Å². The van der Waals surface area contributed by atoms with Gasteiger partial charge in [0.15, 0.2) is 0 Å². The monoisotopic (exact) mass is 406 g/mol. The van der Waals surface area contributed by atoms with Gasteiger partial charge < -0.3 is 10.1 Å². The van der Waals surface area contributed by atoms with Crippen molar-refractivity contribution in [1.29, 1.82) is 0 Å². The van der Waals surface area contributed by atoms with Gasteiger partial charge in [0.25, 0.3) is 0 Å². The van der Waals surface area contributed by atoms with Gasteiger partial charge in [-0.2, -0.15) is 8.78 Å². The third-order valence-corrected chi connectivity index (χ3v) is 5.72. The number of anilines is 2. The van der Waals surface area contributed by atoms with Crippen LogP contribution in [0.25, 0.3) is 10.4 Å². The van der Waals surface area contributed by atoms with E-state index in [1.807, 2.05) is 18.2 Å². The number of nitrogens with zero attached hydrogens (tertiary/aromatic N) is 1. The van der Waals surface area contributed by atoms with Crippen LogP contribution < -0.4 is 10.1 Å². The van der Waals surface area contributed by atoms with Crippen LogP contribution in [0.15, 0.2) is 54.6 Å². The normalized spacial score (nSPS) is 11.0. The summed E-state index contributed by atoms with van der Waals surface area (Å²) in [6, 6.07) is 16.5. The zero-order valence-electron chi connectivity index (χ0n) is 14.8. The van der Waals surface area contributed by atoms with Crippen molar-refractivity contribution in [2.75, 3.05) is 5.32 Å². The standard InChI is InChI=1S/C20H20F2N2OS2/c1-2-3-13-24-19(26)17(18(27-24)14-7-5-4-6-8-14)23-15-9-11-16(12-10-15)25-20(21)22/h4-12,20,23H,2-3,13H2,1H3. The van der Waals surface area contributed by atoms with Crippen molar-refractivity contribution in [1.82, 2.24) is 3.96 Å². The molecule has 3 rings (SSSR count). The fourth-order valence-corrected chi connectivity index (χ4v) is 4.15. The van der Waals surface area contributed by atoms with Crippen LogP contribution in [0.3, 0.4) is 0 Å². The van der Waals surface area contributed by atoms with Crippen LogP contribution in [-0.4, -0.2) is 10.6 Å². The molecule has 2 aromatic carbocycles. The summed E-state index contributed by atoms with van der Waals surface area (Å²) in [4.78, 5) is 1.06. The zero-order chi connectivity index (χ0) is 19.2. The van der Waals surface area contributed by atoms with Crippen LogP contribution >= 0.6 is 23.8 Å². The maximum absolute atomic E-state index is 12.3. The van der Waals surface area contributed by atoms with Gasteiger partial charge in [0, 0.05) is 12.2 Å². The lowest BCUT2D eigenvalue weighted by molar-refractivity contribution is -0.0498. The summed E-state index contributed by atoms with van der Waals surface area (Å²) in [5, 5.41) is 3.36. The largest absolute Gasteiger partial charge is 0.435 e. The van der Waals surface area contributed by atoms with E-state index in [1.54, 1.807) is 23.7 Å². The van der Waals surface area contributed by atoms with Crippen molar-refractivity contribution in [3.05, 3.63) is 59.2 Å². The molecule has 0 saturated carbocycles. The van der Waals surface area contributed by atoms with Crippen LogP contribution in [0, 0.1) is 4.64 Å². The number of hydrogen-bond acceptors (Lipinski definition) is 4. The Balaban J connectivity index is 1.93. The Bertz CT molecular complexity index is 921. The molecular formula is C20H20F2N2OS2. The van der Waals surface area contributed by atoms with E-state index in [9.17, 15) is 8.78 Å². The number of unbranched alkanes of at least 4 members (excludes halogenated alkanes) is 1. The number of alkyl halides is 2. The van der Waals surface area contributed by atoms with Crippen molar-refractivity contribution < 1.29 is 13.5 Å². The predicted octanol–water partition coefficient (Wildman–Crippen LogP) is 7.09. The quantitative estimate of drug-likeness (QED) is 0.404. The summed E-state index contributed by atoms with van der Waals surface area (Å²) < 4.78 is 31.9. The van der Waals surface area contributed by atoms with Crippen molar-refractivity contribution in [3.63, 3.8) is 0 Å². The molecule has 1 heterocycles. The Hall–Kier alpha value is -2.25. The van der Waals surface area contributed by atoms with Crippen molar-refractivity contribution in [2.45, 2.75) is 32.9 Å². The fourth-order valence-electron chi connectivity index (χ4n) is 2.63. The smallest absolute Gasteiger partial charge is 0.387 e. The number of halogens is 2. The molecule has 0 radical (unpaired) electrons. The minimum absolute atomic E-state index is 0.126. The highest BCUT2D eigenvalue weighted by Crippen LogP contribution is 2.37. The highest BCUT2D eigenvalue weighted by atomic mass is 32.1. The van der Waals surface area contributed by atoms with E-state index in [0.717, 1.165) is 45.8 Å². The molecule has 7 heteroatoms. The molecule has 1 aromatic heterocycles. The average molecular weight is 407 g/mol. The Morgan fingerprint density at radius 1 is 1.11 bits per heavy atom. The second-order valence-corrected chi connectivity index (χ2v) is 7.37. The van der Waals surface area contributed by atoms with Gasteiger partial charge in [-0.25, -0.2) is 0 Å². The van der Waals surface area contributed by atoms with Crippen molar-refractivity contribution >= 4 is 35.1 Å². The molecule has 3 nitrogen and oxygen atoms in total. The van der Waals surface area contributed by atoms with Gasteiger partial charge in [-0.15, -0.1) is 0 Å². The third kappa shape index (κ3) is 4.93. The number of benzene rings is 2. The van der Waals surface area contributed by atoms with Crippen LogP contribution in [-0.2, 0) is 6.54 Å². The number of nitrogens with one attached hydrogen (secondary N) is 1. The summed E-state index contributed by atoms with van der Waals surface area (Å²) in [6.45, 7) is 0.197. The SMILES string of the molecule is CCCCn1sc(-c2ccccc2)c(Nc2ccc(OC(F)F)cc2)c1=S. The average Bonchev–Trinajstić information content (AvgIpc) is 2.98. The molecule has 0 spiro atoms. The molecule has 0 aliphatic carbocycles. The molecule has 1 N–H and O–H groups in total. The third-order valence-electron chi connectivity index (χ3n) is 3.97. The van der Waals surface area contributed by atoms with Crippen LogP contribution in [0.1, 0.15) is 19.8 Å². The van der Waals surface area contributed by atoms with E-state index >= 15 is 0 Å². The molecule has 0 amide bonds. The number of hydrogen-bond donors (Lipinski definition) is 1. The van der Waals surface area contributed by atoms with Crippen molar-refractivity contribution in [3.8, 4) is 16.2 Å². The molecule has 0 atom stereocenters. The first kappa shape index (κ1) is 19.5. The lowest BCUT2D eigenvalue weighted by Crippen LogP contribution is -2.01. The Labute approximate surface area is 166 Å². The maximum Gasteiger partial charge on any atom is 0.387 e. The first-order valence-electron chi connectivity index (χ1n) is 8.70. The summed E-state index contributed by atoms with van der Waals surface area (Å²) in [7, 11) is 0. The highest BCUT2D eigenvalue weighted by Gasteiger charge is 2.14. The Kier molecular flexibility index (Phi) is 6.58. The molecule has 0 bridgehead atoms. The van der Waals surface area contributed by atoms with E-state index in [2.05, 4.69) is 33.1 Å². The summed E-state index contributed by atoms with van der Waals surface area (Å²) in [5.74, 6) is 0.126. The van der Waals surface area contributed by atoms with E-state index in [0.29, 0.717) is 0 Å². The van der Waals surface area contributed by atoms with Gasteiger partial charge in [-0.1, -0.05) is 67.4 Å². The molecule has 3 aromatic rings. The minimum atomic E-state index is -2.83. The minimum Gasteiger partial charge on any atom is -0.435 e. The van der Waals surface area contributed by atoms with Crippen LogP contribution in [0.4, 0.5) is 20.2 Å². The van der Waals surface area contributed by atoms with E-state index in [4.69, 9.17) is 12.2 Å². The topological polar surface area (TPSA) is 26.2 Å². The molecule has 0 fully saturated rings. The summed E-state index contributed by atoms with van der Waals surface area (Å²) >= 11 is 7.33. The molecule has 0 unspecified atom stereocenters. The van der Waals surface area contributed by atoms with Gasteiger partial charge in [0.2, 0.25) is 0 Å². The lowest BCUT2D eigenvalue weighted by atomic mass is 10.1. The van der Waals surface area contributed by atoms with Gasteiger partial charge in [-0.05, 0) is 36.2 Å². The van der Waals surface area contributed by atoms with Gasteiger partial charge in [0.1, 0.15) is 10.4 Å².